The monoisotopic (exact) mass is 644 g/mol. The van der Waals surface area contributed by atoms with Gasteiger partial charge in [0.25, 0.3) is 0 Å². The Morgan fingerprint density at radius 2 is 1.63 bits per heavy atom. The normalized spacial score (nSPS) is 17.8. The number of nitrogens with one attached hydrogen (secondary N) is 3. The van der Waals surface area contributed by atoms with E-state index in [4.69, 9.17) is 15.2 Å². The summed E-state index contributed by atoms with van der Waals surface area (Å²) in [6.45, 7) is 0.412. The maximum absolute atomic E-state index is 12.4. The Morgan fingerprint density at radius 1 is 0.913 bits per heavy atom. The van der Waals surface area contributed by atoms with E-state index in [0.717, 1.165) is 33.8 Å². The summed E-state index contributed by atoms with van der Waals surface area (Å²) >= 11 is 1.55. The second-order valence-electron chi connectivity index (χ2n) is 11.2. The van der Waals surface area contributed by atoms with Crippen molar-refractivity contribution < 1.29 is 24.2 Å². The quantitative estimate of drug-likeness (QED) is 0.0645. The second kappa shape index (κ2) is 16.9. The van der Waals surface area contributed by atoms with Crippen LogP contribution in [-0.4, -0.2) is 44.0 Å². The van der Waals surface area contributed by atoms with E-state index in [0.29, 0.717) is 55.8 Å². The SMILES string of the molecule is Nc1ccccc1NC(=O)CCCCCC(=O)NCc1ccc(C2OC(CSc3ncn[nH]3)CC(c3ccc(CO)cc3)O2)cc1. The minimum absolute atomic E-state index is 0.00695. The molecular formula is C34H40N6O5S. The zero-order valence-electron chi connectivity index (χ0n) is 25.6. The van der Waals surface area contributed by atoms with Gasteiger partial charge >= 0.3 is 0 Å². The van der Waals surface area contributed by atoms with Gasteiger partial charge in [0.2, 0.25) is 11.8 Å². The van der Waals surface area contributed by atoms with Crippen molar-refractivity contribution in [2.45, 2.75) is 75.3 Å². The molecule has 242 valence electrons. The van der Waals surface area contributed by atoms with E-state index in [2.05, 4.69) is 25.8 Å². The highest BCUT2D eigenvalue weighted by Gasteiger charge is 2.32. The number of nitrogen functional groups attached to an aromatic ring is 1. The van der Waals surface area contributed by atoms with Crippen LogP contribution in [0.3, 0.4) is 0 Å². The van der Waals surface area contributed by atoms with Gasteiger partial charge in [0, 0.05) is 37.1 Å². The molecule has 1 fully saturated rings. The van der Waals surface area contributed by atoms with Crippen LogP contribution in [0.15, 0.2) is 84.3 Å². The predicted molar refractivity (Wildman–Crippen MR) is 176 cm³/mol. The number of para-hydroxylation sites is 2. The molecule has 3 unspecified atom stereocenters. The lowest BCUT2D eigenvalue weighted by atomic mass is 10.0. The lowest BCUT2D eigenvalue weighted by Gasteiger charge is -2.36. The number of hydrogen-bond acceptors (Lipinski definition) is 9. The van der Waals surface area contributed by atoms with Gasteiger partial charge in [0.15, 0.2) is 11.4 Å². The maximum Gasteiger partial charge on any atom is 0.224 e. The van der Waals surface area contributed by atoms with Crippen molar-refractivity contribution in [3.05, 3.63) is 101 Å². The molecule has 6 N–H and O–H groups in total. The number of thioether (sulfide) groups is 1. The Bertz CT molecular complexity index is 1530. The van der Waals surface area contributed by atoms with E-state index >= 15 is 0 Å². The number of aliphatic hydroxyl groups is 1. The smallest absolute Gasteiger partial charge is 0.224 e. The number of benzene rings is 3. The van der Waals surface area contributed by atoms with Crippen LogP contribution < -0.4 is 16.4 Å². The minimum atomic E-state index is -0.563. The van der Waals surface area contributed by atoms with Crippen molar-refractivity contribution in [3.63, 3.8) is 0 Å². The molecule has 1 aromatic heterocycles. The lowest BCUT2D eigenvalue weighted by Crippen LogP contribution is -2.31. The number of rotatable bonds is 15. The summed E-state index contributed by atoms with van der Waals surface area (Å²) in [4.78, 5) is 28.8. The van der Waals surface area contributed by atoms with Gasteiger partial charge in [0.05, 0.1) is 30.2 Å². The number of nitrogens with zero attached hydrogens (tertiary/aromatic N) is 2. The fourth-order valence-corrected chi connectivity index (χ4v) is 5.91. The van der Waals surface area contributed by atoms with E-state index in [9.17, 15) is 14.7 Å². The molecule has 12 heteroatoms. The van der Waals surface area contributed by atoms with Crippen LogP contribution >= 0.6 is 11.8 Å². The summed E-state index contributed by atoms with van der Waals surface area (Å²) in [5.74, 6) is 0.579. The molecule has 0 radical (unpaired) electrons. The van der Waals surface area contributed by atoms with Crippen molar-refractivity contribution in [1.82, 2.24) is 20.5 Å². The fraction of sp³-hybridized carbons (Fsp3) is 0.353. The van der Waals surface area contributed by atoms with Gasteiger partial charge in [-0.25, -0.2) is 4.98 Å². The molecule has 4 aromatic rings. The van der Waals surface area contributed by atoms with Crippen molar-refractivity contribution in [3.8, 4) is 0 Å². The number of aromatic amines is 1. The maximum atomic E-state index is 12.4. The Hall–Kier alpha value is -4.23. The molecule has 1 aliphatic rings. The summed E-state index contributed by atoms with van der Waals surface area (Å²) in [6, 6.07) is 22.9. The third kappa shape index (κ3) is 9.88. The average molecular weight is 645 g/mol. The zero-order valence-corrected chi connectivity index (χ0v) is 26.4. The number of carbonyl (C=O) groups excluding carboxylic acids is 2. The van der Waals surface area contributed by atoms with Gasteiger partial charge in [-0.3, -0.25) is 14.7 Å². The molecule has 1 saturated heterocycles. The van der Waals surface area contributed by atoms with E-state index in [1.165, 1.54) is 6.33 Å². The predicted octanol–water partition coefficient (Wildman–Crippen LogP) is 5.42. The third-order valence-electron chi connectivity index (χ3n) is 7.70. The molecule has 3 atom stereocenters. The van der Waals surface area contributed by atoms with Crippen molar-refractivity contribution in [2.24, 2.45) is 0 Å². The molecule has 0 saturated carbocycles. The van der Waals surface area contributed by atoms with Gasteiger partial charge in [-0.05, 0) is 41.7 Å². The summed E-state index contributed by atoms with van der Waals surface area (Å²) < 4.78 is 12.8. The number of nitrogens with two attached hydrogens (primary N) is 1. The molecule has 11 nitrogen and oxygen atoms in total. The first-order chi connectivity index (χ1) is 22.5. The lowest BCUT2D eigenvalue weighted by molar-refractivity contribution is -0.245. The Kier molecular flexibility index (Phi) is 12.2. The molecule has 0 bridgehead atoms. The number of aromatic nitrogens is 3. The highest BCUT2D eigenvalue weighted by Crippen LogP contribution is 2.39. The third-order valence-corrected chi connectivity index (χ3v) is 8.71. The molecule has 0 aliphatic carbocycles. The second-order valence-corrected chi connectivity index (χ2v) is 12.2. The molecule has 5 rings (SSSR count). The van der Waals surface area contributed by atoms with E-state index in [1.807, 2.05) is 60.7 Å². The number of anilines is 2. The molecule has 3 aromatic carbocycles. The van der Waals surface area contributed by atoms with E-state index in [1.54, 1.807) is 23.9 Å². The highest BCUT2D eigenvalue weighted by atomic mass is 32.2. The standard InChI is InChI=1S/C34H40N6O5S/c35-28-6-4-5-7-29(28)39-32(43)9-3-1-2-8-31(42)36-19-23-10-16-26(17-11-23)33-44-27(21-46-34-37-22-38-40-34)18-30(45-33)25-14-12-24(20-41)13-15-25/h4-7,10-17,22,27,30,33,41H,1-3,8-9,18-21,35H2,(H,36,42)(H,39,43)(H,37,38,40). The van der Waals surface area contributed by atoms with Gasteiger partial charge in [-0.1, -0.05) is 78.8 Å². The number of amides is 2. The van der Waals surface area contributed by atoms with Crippen LogP contribution in [0.5, 0.6) is 0 Å². The van der Waals surface area contributed by atoms with Crippen molar-refractivity contribution in [1.29, 1.82) is 0 Å². The van der Waals surface area contributed by atoms with Crippen molar-refractivity contribution in [2.75, 3.05) is 16.8 Å². The zero-order chi connectivity index (χ0) is 32.1. The summed E-state index contributed by atoms with van der Waals surface area (Å²) in [6.07, 6.45) is 4.32. The first kappa shape index (κ1) is 33.1. The first-order valence-corrected chi connectivity index (χ1v) is 16.4. The molecule has 1 aliphatic heterocycles. The van der Waals surface area contributed by atoms with Crippen LogP contribution in [0.25, 0.3) is 0 Å². The van der Waals surface area contributed by atoms with Gasteiger partial charge in [-0.2, -0.15) is 5.10 Å². The molecule has 46 heavy (non-hydrogen) atoms. The summed E-state index contributed by atoms with van der Waals surface area (Å²) in [5.41, 5.74) is 10.8. The van der Waals surface area contributed by atoms with Crippen LogP contribution in [-0.2, 0) is 32.2 Å². The number of ether oxygens (including phenoxy) is 2. The molecule has 2 amide bonds. The van der Waals surface area contributed by atoms with Crippen molar-refractivity contribution >= 4 is 35.0 Å². The van der Waals surface area contributed by atoms with Crippen LogP contribution in [0, 0.1) is 0 Å². The number of carbonyl (C=O) groups is 2. The molecular weight excluding hydrogens is 604 g/mol. The van der Waals surface area contributed by atoms with E-state index < -0.39 is 6.29 Å². The largest absolute Gasteiger partial charge is 0.397 e. The number of aliphatic hydroxyl groups excluding tert-OH is 1. The Morgan fingerprint density at radius 3 is 2.35 bits per heavy atom. The van der Waals surface area contributed by atoms with Crippen LogP contribution in [0.2, 0.25) is 0 Å². The summed E-state index contributed by atoms with van der Waals surface area (Å²) in [7, 11) is 0. The summed E-state index contributed by atoms with van der Waals surface area (Å²) in [5, 5.41) is 22.8. The number of H-pyrrole nitrogens is 1. The van der Waals surface area contributed by atoms with Gasteiger partial charge in [0.1, 0.15) is 6.33 Å². The molecule has 0 spiro atoms. The Labute approximate surface area is 272 Å². The van der Waals surface area contributed by atoms with Crippen LogP contribution in [0.4, 0.5) is 11.4 Å². The minimum Gasteiger partial charge on any atom is -0.397 e. The van der Waals surface area contributed by atoms with Crippen LogP contribution in [0.1, 0.15) is 73.2 Å². The average Bonchev–Trinajstić information content (AvgIpc) is 3.61. The van der Waals surface area contributed by atoms with Gasteiger partial charge in [-0.15, -0.1) is 0 Å². The van der Waals surface area contributed by atoms with Gasteiger partial charge < -0.3 is 30.9 Å². The topological polar surface area (TPSA) is 164 Å². The number of unbranched alkanes of at least 4 members (excludes halogenated alkanes) is 2. The van der Waals surface area contributed by atoms with E-state index in [-0.39, 0.29) is 30.6 Å². The fourth-order valence-electron chi connectivity index (χ4n) is 5.11. The first-order valence-electron chi connectivity index (χ1n) is 15.5. The number of hydrogen-bond donors (Lipinski definition) is 5. The highest BCUT2D eigenvalue weighted by molar-refractivity contribution is 7.99. The Balaban J connectivity index is 1.07. The molecule has 2 heterocycles.